The number of carbonyl (C=O) groups is 1. The number of aryl methyl sites for hydroxylation is 1. The van der Waals surface area contributed by atoms with Crippen LogP contribution in [0.1, 0.15) is 15.9 Å². The van der Waals surface area contributed by atoms with Gasteiger partial charge in [-0.05, 0) is 42.8 Å². The second kappa shape index (κ2) is 7.94. The quantitative estimate of drug-likeness (QED) is 0.751. The third-order valence-electron chi connectivity index (χ3n) is 3.38. The molecule has 0 heterocycles. The summed E-state index contributed by atoms with van der Waals surface area (Å²) in [6, 6.07) is 12.9. The number of methoxy groups -OCH3 is 1. The van der Waals surface area contributed by atoms with Gasteiger partial charge in [0.1, 0.15) is 0 Å². The lowest BCUT2D eigenvalue weighted by Gasteiger charge is -2.12. The minimum absolute atomic E-state index is 0.186. The maximum atomic E-state index is 12.3. The Bertz CT molecular complexity index is 805. The Hall–Kier alpha value is -2.38. The summed E-state index contributed by atoms with van der Waals surface area (Å²) in [6.45, 7) is 2.59. The first-order valence-corrected chi connectivity index (χ1v) is 8.88. The van der Waals surface area contributed by atoms with Crippen LogP contribution in [0.2, 0.25) is 0 Å². The highest BCUT2D eigenvalue weighted by Crippen LogP contribution is 2.20. The van der Waals surface area contributed by atoms with Crippen LogP contribution in [-0.4, -0.2) is 34.6 Å². The van der Waals surface area contributed by atoms with E-state index < -0.39 is 10.0 Å². The van der Waals surface area contributed by atoms with Crippen molar-refractivity contribution < 1.29 is 17.9 Å². The smallest absolute Gasteiger partial charge is 0.261 e. The molecule has 1 amide bonds. The molecule has 6 nitrogen and oxygen atoms in total. The van der Waals surface area contributed by atoms with Crippen molar-refractivity contribution in [3.63, 3.8) is 0 Å². The number of ether oxygens (including phenoxy) is 1. The van der Waals surface area contributed by atoms with Crippen LogP contribution in [0, 0.1) is 6.92 Å². The van der Waals surface area contributed by atoms with E-state index in [1.165, 1.54) is 12.1 Å². The molecule has 0 atom stereocenters. The van der Waals surface area contributed by atoms with Crippen molar-refractivity contribution >= 4 is 21.6 Å². The van der Waals surface area contributed by atoms with Crippen molar-refractivity contribution in [3.8, 4) is 0 Å². The van der Waals surface area contributed by atoms with E-state index in [-0.39, 0.29) is 10.8 Å². The number of hydrogen-bond acceptors (Lipinski definition) is 4. The maximum absolute atomic E-state index is 12.3. The molecule has 0 spiro atoms. The molecule has 0 unspecified atom stereocenters. The van der Waals surface area contributed by atoms with Crippen LogP contribution < -0.4 is 10.0 Å². The van der Waals surface area contributed by atoms with Gasteiger partial charge in [0.05, 0.1) is 17.2 Å². The van der Waals surface area contributed by atoms with Gasteiger partial charge in [-0.3, -0.25) is 9.52 Å². The highest BCUT2D eigenvalue weighted by molar-refractivity contribution is 7.92. The summed E-state index contributed by atoms with van der Waals surface area (Å²) >= 11 is 0. The molecule has 7 heteroatoms. The van der Waals surface area contributed by atoms with E-state index in [1.807, 2.05) is 0 Å². The summed E-state index contributed by atoms with van der Waals surface area (Å²) in [7, 11) is -2.09. The third kappa shape index (κ3) is 4.56. The fourth-order valence-corrected chi connectivity index (χ4v) is 3.24. The summed E-state index contributed by atoms with van der Waals surface area (Å²) < 4.78 is 32.1. The number of benzene rings is 2. The Morgan fingerprint density at radius 3 is 2.46 bits per heavy atom. The number of rotatable bonds is 7. The standard InChI is InChI=1S/C17H20N2O4S/c1-13-12-14(17(20)18-10-11-23-2)8-9-16(13)19-24(21,22)15-6-4-3-5-7-15/h3-9,12,19H,10-11H2,1-2H3,(H,18,20). The largest absolute Gasteiger partial charge is 0.383 e. The number of sulfonamides is 1. The minimum atomic E-state index is -3.65. The molecule has 2 rings (SSSR count). The molecule has 0 aliphatic carbocycles. The number of carbonyl (C=O) groups excluding carboxylic acids is 1. The van der Waals surface area contributed by atoms with E-state index in [2.05, 4.69) is 10.0 Å². The van der Waals surface area contributed by atoms with Gasteiger partial charge in [-0.15, -0.1) is 0 Å². The van der Waals surface area contributed by atoms with Crippen LogP contribution in [0.5, 0.6) is 0 Å². The van der Waals surface area contributed by atoms with Crippen LogP contribution in [0.25, 0.3) is 0 Å². The lowest BCUT2D eigenvalue weighted by Crippen LogP contribution is -2.27. The van der Waals surface area contributed by atoms with Gasteiger partial charge in [-0.2, -0.15) is 0 Å². The Morgan fingerprint density at radius 1 is 1.12 bits per heavy atom. The van der Waals surface area contributed by atoms with Gasteiger partial charge in [0, 0.05) is 19.2 Å². The van der Waals surface area contributed by atoms with Gasteiger partial charge in [-0.1, -0.05) is 18.2 Å². The molecule has 0 bridgehead atoms. The first-order valence-electron chi connectivity index (χ1n) is 7.39. The maximum Gasteiger partial charge on any atom is 0.261 e. The normalized spacial score (nSPS) is 11.1. The molecular weight excluding hydrogens is 328 g/mol. The van der Waals surface area contributed by atoms with Gasteiger partial charge in [-0.25, -0.2) is 8.42 Å². The van der Waals surface area contributed by atoms with Crippen molar-refractivity contribution in [2.24, 2.45) is 0 Å². The predicted molar refractivity (Wildman–Crippen MR) is 92.6 cm³/mol. The van der Waals surface area contributed by atoms with Crippen molar-refractivity contribution in [2.75, 3.05) is 25.0 Å². The Balaban J connectivity index is 2.14. The van der Waals surface area contributed by atoms with E-state index in [9.17, 15) is 13.2 Å². The molecule has 0 aliphatic rings. The molecule has 0 fully saturated rings. The average Bonchev–Trinajstić information content (AvgIpc) is 2.57. The minimum Gasteiger partial charge on any atom is -0.383 e. The zero-order valence-corrected chi connectivity index (χ0v) is 14.4. The first kappa shape index (κ1) is 18.0. The van der Waals surface area contributed by atoms with E-state index in [1.54, 1.807) is 50.4 Å². The Morgan fingerprint density at radius 2 is 1.83 bits per heavy atom. The lowest BCUT2D eigenvalue weighted by molar-refractivity contribution is 0.0937. The van der Waals surface area contributed by atoms with Crippen molar-refractivity contribution in [3.05, 3.63) is 59.7 Å². The SMILES string of the molecule is COCCNC(=O)c1ccc(NS(=O)(=O)c2ccccc2)c(C)c1. The van der Waals surface area contributed by atoms with Gasteiger partial charge in [0.2, 0.25) is 0 Å². The van der Waals surface area contributed by atoms with Crippen molar-refractivity contribution in [2.45, 2.75) is 11.8 Å². The number of anilines is 1. The molecule has 128 valence electrons. The molecule has 0 radical (unpaired) electrons. The second-order valence-electron chi connectivity index (χ2n) is 5.20. The number of amides is 1. The van der Waals surface area contributed by atoms with Gasteiger partial charge >= 0.3 is 0 Å². The average molecular weight is 348 g/mol. The van der Waals surface area contributed by atoms with Crippen LogP contribution in [0.3, 0.4) is 0 Å². The first-order chi connectivity index (χ1) is 11.4. The van der Waals surface area contributed by atoms with Gasteiger partial charge < -0.3 is 10.1 Å². The van der Waals surface area contributed by atoms with E-state index >= 15 is 0 Å². The number of nitrogens with one attached hydrogen (secondary N) is 2. The highest BCUT2D eigenvalue weighted by Gasteiger charge is 2.15. The highest BCUT2D eigenvalue weighted by atomic mass is 32.2. The van der Waals surface area contributed by atoms with Crippen LogP contribution in [0.4, 0.5) is 5.69 Å². The second-order valence-corrected chi connectivity index (χ2v) is 6.88. The fraction of sp³-hybridized carbons (Fsp3) is 0.235. The summed E-state index contributed by atoms with van der Waals surface area (Å²) in [4.78, 5) is 12.2. The zero-order chi connectivity index (χ0) is 17.6. The summed E-state index contributed by atoms with van der Waals surface area (Å²) in [6.07, 6.45) is 0. The van der Waals surface area contributed by atoms with Gasteiger partial charge in [0.25, 0.3) is 15.9 Å². The summed E-state index contributed by atoms with van der Waals surface area (Å²) in [5.74, 6) is -0.229. The molecule has 0 aromatic heterocycles. The Kier molecular flexibility index (Phi) is 5.94. The van der Waals surface area contributed by atoms with Crippen LogP contribution in [0.15, 0.2) is 53.4 Å². The predicted octanol–water partition coefficient (Wildman–Crippen LogP) is 2.17. The van der Waals surface area contributed by atoms with Crippen LogP contribution >= 0.6 is 0 Å². The molecule has 0 aliphatic heterocycles. The number of hydrogen-bond donors (Lipinski definition) is 2. The fourth-order valence-electron chi connectivity index (χ4n) is 2.09. The molecule has 0 saturated heterocycles. The van der Waals surface area contributed by atoms with Crippen LogP contribution in [-0.2, 0) is 14.8 Å². The summed E-state index contributed by atoms with van der Waals surface area (Å²) in [5, 5.41) is 2.72. The third-order valence-corrected chi connectivity index (χ3v) is 4.76. The van der Waals surface area contributed by atoms with E-state index in [0.717, 1.165) is 0 Å². The van der Waals surface area contributed by atoms with Crippen molar-refractivity contribution in [1.82, 2.24) is 5.32 Å². The lowest BCUT2D eigenvalue weighted by atomic mass is 10.1. The van der Waals surface area contributed by atoms with Crippen molar-refractivity contribution in [1.29, 1.82) is 0 Å². The molecule has 2 aromatic carbocycles. The Labute approximate surface area is 141 Å². The van der Waals surface area contributed by atoms with Gasteiger partial charge in [0.15, 0.2) is 0 Å². The zero-order valence-electron chi connectivity index (χ0n) is 13.6. The molecule has 2 aromatic rings. The molecular formula is C17H20N2O4S. The van der Waals surface area contributed by atoms with E-state index in [0.29, 0.717) is 30.0 Å². The monoisotopic (exact) mass is 348 g/mol. The topological polar surface area (TPSA) is 84.5 Å². The summed E-state index contributed by atoms with van der Waals surface area (Å²) in [5.41, 5.74) is 1.56. The van der Waals surface area contributed by atoms with E-state index in [4.69, 9.17) is 4.74 Å². The molecule has 24 heavy (non-hydrogen) atoms. The molecule has 2 N–H and O–H groups in total. The molecule has 0 saturated carbocycles.